The van der Waals surface area contributed by atoms with Crippen LogP contribution >= 0.6 is 0 Å². The van der Waals surface area contributed by atoms with Crippen LogP contribution in [-0.2, 0) is 6.54 Å². The molecular weight excluding hydrogens is 442 g/mol. The number of aromatic nitrogens is 7. The largest absolute Gasteiger partial charge is 0.306 e. The molecule has 0 atom stereocenters. The average molecular weight is 466 g/mol. The van der Waals surface area contributed by atoms with Gasteiger partial charge in [0.1, 0.15) is 17.7 Å². The van der Waals surface area contributed by atoms with E-state index >= 15 is 0 Å². The van der Waals surface area contributed by atoms with Crippen molar-refractivity contribution in [2.24, 2.45) is 0 Å². The van der Waals surface area contributed by atoms with Gasteiger partial charge in [-0.15, -0.1) is 0 Å². The molecule has 0 bridgehead atoms. The maximum Gasteiger partial charge on any atom is 0.262 e. The second-order valence-electron chi connectivity index (χ2n) is 8.74. The summed E-state index contributed by atoms with van der Waals surface area (Å²) in [5.74, 6) is 0.609. The van der Waals surface area contributed by atoms with Crippen LogP contribution in [0.1, 0.15) is 33.1 Å². The standard InChI is InChI=1S/C25H23N9O/c1-17-3-5-20(6-4-17)34-23(30-25(35)21-12-29-33-8-2-7-28-24(21)33)9-22(31-34)19-14-32(15-19)13-18-10-26-16-27-11-18/h2-12,16,19H,13-15H2,1H3,(H,30,35). The number of hydrogen-bond donors (Lipinski definition) is 1. The van der Waals surface area contributed by atoms with Crippen molar-refractivity contribution in [1.82, 2.24) is 39.2 Å². The molecule has 10 heteroatoms. The molecular formula is C25H23N9O. The second-order valence-corrected chi connectivity index (χ2v) is 8.74. The summed E-state index contributed by atoms with van der Waals surface area (Å²) >= 11 is 0. The number of nitrogens with zero attached hydrogens (tertiary/aromatic N) is 8. The van der Waals surface area contributed by atoms with Crippen LogP contribution in [0.15, 0.2) is 73.7 Å². The lowest BCUT2D eigenvalue weighted by atomic mass is 9.96. The Morgan fingerprint density at radius 1 is 1.11 bits per heavy atom. The number of carbonyl (C=O) groups is 1. The smallest absolute Gasteiger partial charge is 0.262 e. The molecule has 0 saturated carbocycles. The molecule has 0 radical (unpaired) electrons. The molecule has 0 unspecified atom stereocenters. The number of benzene rings is 1. The third kappa shape index (κ3) is 4.15. The number of amides is 1. The average Bonchev–Trinajstić information content (AvgIpc) is 3.47. The Bertz CT molecular complexity index is 1480. The maximum atomic E-state index is 13.2. The first-order valence-corrected chi connectivity index (χ1v) is 11.4. The van der Waals surface area contributed by atoms with E-state index in [0.29, 0.717) is 17.0 Å². The Hall–Kier alpha value is -4.44. The first kappa shape index (κ1) is 21.1. The zero-order chi connectivity index (χ0) is 23.8. The van der Waals surface area contributed by atoms with Gasteiger partial charge in [-0.2, -0.15) is 10.2 Å². The highest BCUT2D eigenvalue weighted by Gasteiger charge is 2.31. The topological polar surface area (TPSA) is 106 Å². The number of aryl methyl sites for hydroxylation is 1. The zero-order valence-corrected chi connectivity index (χ0v) is 19.1. The molecule has 10 nitrogen and oxygen atoms in total. The molecule has 1 aliphatic rings. The van der Waals surface area contributed by atoms with Crippen molar-refractivity contribution in [3.63, 3.8) is 0 Å². The molecule has 5 aromatic rings. The molecule has 4 aromatic heterocycles. The van der Waals surface area contributed by atoms with Gasteiger partial charge >= 0.3 is 0 Å². The fraction of sp³-hybridized carbons (Fsp3) is 0.200. The second kappa shape index (κ2) is 8.73. The molecule has 6 rings (SSSR count). The summed E-state index contributed by atoms with van der Waals surface area (Å²) in [4.78, 5) is 28.0. The summed E-state index contributed by atoms with van der Waals surface area (Å²) in [6.07, 6.45) is 10.2. The van der Waals surface area contributed by atoms with E-state index in [1.54, 1.807) is 34.0 Å². The van der Waals surface area contributed by atoms with Crippen molar-refractivity contribution >= 4 is 17.4 Å². The predicted molar refractivity (Wildman–Crippen MR) is 129 cm³/mol. The summed E-state index contributed by atoms with van der Waals surface area (Å²) in [7, 11) is 0. The Kier molecular flexibility index (Phi) is 5.27. The van der Waals surface area contributed by atoms with Gasteiger partial charge in [-0.25, -0.2) is 24.1 Å². The third-order valence-corrected chi connectivity index (χ3v) is 6.17. The lowest BCUT2D eigenvalue weighted by molar-refractivity contribution is 0.102. The Balaban J connectivity index is 1.26. The minimum Gasteiger partial charge on any atom is -0.306 e. The van der Waals surface area contributed by atoms with E-state index in [9.17, 15) is 4.79 Å². The molecule has 0 spiro atoms. The van der Waals surface area contributed by atoms with Gasteiger partial charge < -0.3 is 5.32 Å². The van der Waals surface area contributed by atoms with Crippen molar-refractivity contribution in [3.05, 3.63) is 96.1 Å². The maximum absolute atomic E-state index is 13.2. The monoisotopic (exact) mass is 465 g/mol. The molecule has 5 heterocycles. The lowest BCUT2D eigenvalue weighted by Crippen LogP contribution is -2.44. The van der Waals surface area contributed by atoms with Gasteiger partial charge in [0.2, 0.25) is 0 Å². The van der Waals surface area contributed by atoms with Gasteiger partial charge in [-0.1, -0.05) is 17.7 Å². The lowest BCUT2D eigenvalue weighted by Gasteiger charge is -2.38. The Morgan fingerprint density at radius 3 is 2.71 bits per heavy atom. The van der Waals surface area contributed by atoms with Crippen LogP contribution in [0, 0.1) is 6.92 Å². The van der Waals surface area contributed by atoms with E-state index < -0.39 is 0 Å². The number of anilines is 1. The Labute approximate surface area is 201 Å². The molecule has 1 aliphatic heterocycles. The molecule has 174 valence electrons. The number of carbonyl (C=O) groups excluding carboxylic acids is 1. The molecule has 1 fully saturated rings. The SMILES string of the molecule is Cc1ccc(-n2nc(C3CN(Cc4cncnc4)C3)cc2NC(=O)c2cnn3cccnc23)cc1. The van der Waals surface area contributed by atoms with Crippen molar-refractivity contribution in [3.8, 4) is 5.69 Å². The van der Waals surface area contributed by atoms with Crippen LogP contribution in [0.3, 0.4) is 0 Å². The summed E-state index contributed by atoms with van der Waals surface area (Å²) in [6.45, 7) is 4.61. The minimum atomic E-state index is -0.280. The first-order chi connectivity index (χ1) is 17.1. The quantitative estimate of drug-likeness (QED) is 0.411. The van der Waals surface area contributed by atoms with Crippen molar-refractivity contribution in [2.75, 3.05) is 18.4 Å². The van der Waals surface area contributed by atoms with E-state index in [1.807, 2.05) is 49.6 Å². The summed E-state index contributed by atoms with van der Waals surface area (Å²) < 4.78 is 3.37. The summed E-state index contributed by atoms with van der Waals surface area (Å²) in [5.41, 5.74) is 4.98. The van der Waals surface area contributed by atoms with Crippen molar-refractivity contribution in [1.29, 1.82) is 0 Å². The van der Waals surface area contributed by atoms with Crippen LogP contribution in [-0.4, -0.2) is 58.2 Å². The third-order valence-electron chi connectivity index (χ3n) is 6.17. The highest BCUT2D eigenvalue weighted by molar-refractivity contribution is 6.07. The predicted octanol–water partition coefficient (Wildman–Crippen LogP) is 2.87. The molecule has 1 N–H and O–H groups in total. The normalized spacial score (nSPS) is 14.2. The van der Waals surface area contributed by atoms with Crippen LogP contribution < -0.4 is 5.32 Å². The number of rotatable bonds is 6. The molecule has 0 aliphatic carbocycles. The summed E-state index contributed by atoms with van der Waals surface area (Å²) in [6, 6.07) is 11.8. The molecule has 35 heavy (non-hydrogen) atoms. The van der Waals surface area contributed by atoms with Crippen LogP contribution in [0.5, 0.6) is 0 Å². The number of nitrogens with one attached hydrogen (secondary N) is 1. The number of likely N-dealkylation sites (tertiary alicyclic amines) is 1. The van der Waals surface area contributed by atoms with E-state index in [-0.39, 0.29) is 11.8 Å². The van der Waals surface area contributed by atoms with Crippen molar-refractivity contribution in [2.45, 2.75) is 19.4 Å². The van der Waals surface area contributed by atoms with E-state index in [2.05, 4.69) is 30.3 Å². The molecule has 1 saturated heterocycles. The fourth-order valence-corrected chi connectivity index (χ4v) is 4.30. The van der Waals surface area contributed by atoms with Gasteiger partial charge in [0.15, 0.2) is 5.65 Å². The number of hydrogen-bond acceptors (Lipinski definition) is 7. The van der Waals surface area contributed by atoms with Gasteiger partial charge in [0, 0.05) is 62.0 Å². The molecule has 1 amide bonds. The van der Waals surface area contributed by atoms with Gasteiger partial charge in [0.25, 0.3) is 5.91 Å². The van der Waals surface area contributed by atoms with Gasteiger partial charge in [0.05, 0.1) is 17.6 Å². The van der Waals surface area contributed by atoms with E-state index in [1.165, 1.54) is 6.20 Å². The van der Waals surface area contributed by atoms with E-state index in [0.717, 1.165) is 42.1 Å². The van der Waals surface area contributed by atoms with Crippen LogP contribution in [0.2, 0.25) is 0 Å². The summed E-state index contributed by atoms with van der Waals surface area (Å²) in [5, 5.41) is 12.1. The van der Waals surface area contributed by atoms with E-state index in [4.69, 9.17) is 5.10 Å². The van der Waals surface area contributed by atoms with Crippen LogP contribution in [0.4, 0.5) is 5.82 Å². The highest BCUT2D eigenvalue weighted by atomic mass is 16.1. The number of fused-ring (bicyclic) bond motifs is 1. The van der Waals surface area contributed by atoms with Gasteiger partial charge in [-0.05, 0) is 25.1 Å². The zero-order valence-electron chi connectivity index (χ0n) is 19.1. The van der Waals surface area contributed by atoms with Crippen LogP contribution in [0.25, 0.3) is 11.3 Å². The Morgan fingerprint density at radius 2 is 1.91 bits per heavy atom. The minimum absolute atomic E-state index is 0.278. The first-order valence-electron chi connectivity index (χ1n) is 11.4. The van der Waals surface area contributed by atoms with Crippen molar-refractivity contribution < 1.29 is 4.79 Å². The van der Waals surface area contributed by atoms with Gasteiger partial charge in [-0.3, -0.25) is 9.69 Å². The molecule has 1 aromatic carbocycles. The highest BCUT2D eigenvalue weighted by Crippen LogP contribution is 2.30. The fourth-order valence-electron chi connectivity index (χ4n) is 4.30.